The van der Waals surface area contributed by atoms with Gasteiger partial charge < -0.3 is 4.74 Å². The zero-order valence-electron chi connectivity index (χ0n) is 11.2. The summed E-state index contributed by atoms with van der Waals surface area (Å²) in [5, 5.41) is 0. The molecule has 0 atom stereocenters. The normalized spacial score (nSPS) is 16.2. The third-order valence-corrected chi connectivity index (χ3v) is 3.73. The number of carbonyl (C=O) groups is 1. The molecule has 0 radical (unpaired) electrons. The fourth-order valence-corrected chi connectivity index (χ4v) is 2.66. The molecule has 0 saturated heterocycles. The van der Waals surface area contributed by atoms with Crippen LogP contribution in [0.4, 0.5) is 4.79 Å². The van der Waals surface area contributed by atoms with Crippen LogP contribution in [-0.4, -0.2) is 17.3 Å². The van der Waals surface area contributed by atoms with E-state index in [4.69, 9.17) is 4.74 Å². The average Bonchev–Trinajstić information content (AvgIpc) is 2.45. The third kappa shape index (κ3) is 4.23. The Hall–Kier alpha value is -1.58. The fourth-order valence-electron chi connectivity index (χ4n) is 2.66. The van der Waals surface area contributed by atoms with Gasteiger partial charge in [0, 0.05) is 12.3 Å². The Morgan fingerprint density at radius 2 is 2.05 bits per heavy atom. The first kappa shape index (κ1) is 13.8. The number of hydrogen-bond acceptors (Lipinski definition) is 3. The van der Waals surface area contributed by atoms with Gasteiger partial charge in [0.05, 0.1) is 6.61 Å². The Morgan fingerprint density at radius 1 is 1.26 bits per heavy atom. The molecule has 4 nitrogen and oxygen atoms in total. The molecule has 1 aromatic heterocycles. The van der Waals surface area contributed by atoms with Gasteiger partial charge in [-0.25, -0.2) is 9.36 Å². The molecule has 0 N–H and O–H groups in total. The van der Waals surface area contributed by atoms with Crippen molar-refractivity contribution in [3.63, 3.8) is 0 Å². The lowest BCUT2D eigenvalue weighted by Gasteiger charge is -2.21. The molecule has 1 heterocycles. The van der Waals surface area contributed by atoms with Gasteiger partial charge in [0.25, 0.3) is 5.56 Å². The summed E-state index contributed by atoms with van der Waals surface area (Å²) in [6.45, 7) is 0.399. The maximum Gasteiger partial charge on any atom is 0.420 e. The molecule has 19 heavy (non-hydrogen) atoms. The van der Waals surface area contributed by atoms with Crippen LogP contribution in [0.2, 0.25) is 0 Å². The van der Waals surface area contributed by atoms with Crippen LogP contribution >= 0.6 is 0 Å². The van der Waals surface area contributed by atoms with E-state index in [1.54, 1.807) is 12.1 Å². The van der Waals surface area contributed by atoms with E-state index in [-0.39, 0.29) is 5.56 Å². The monoisotopic (exact) mass is 263 g/mol. The Morgan fingerprint density at radius 3 is 2.79 bits per heavy atom. The van der Waals surface area contributed by atoms with E-state index in [2.05, 4.69) is 0 Å². The second kappa shape index (κ2) is 7.12. The van der Waals surface area contributed by atoms with Crippen LogP contribution in [0.5, 0.6) is 0 Å². The average molecular weight is 263 g/mol. The molecule has 104 valence electrons. The highest BCUT2D eigenvalue weighted by Gasteiger charge is 2.13. The van der Waals surface area contributed by atoms with Crippen molar-refractivity contribution in [2.45, 2.75) is 44.9 Å². The first-order valence-corrected chi connectivity index (χ1v) is 7.12. The Kier molecular flexibility index (Phi) is 5.19. The van der Waals surface area contributed by atoms with Gasteiger partial charge in [-0.3, -0.25) is 4.79 Å². The van der Waals surface area contributed by atoms with Crippen LogP contribution < -0.4 is 5.56 Å². The molecule has 1 aromatic rings. The van der Waals surface area contributed by atoms with Crippen LogP contribution in [-0.2, 0) is 4.74 Å². The predicted molar refractivity (Wildman–Crippen MR) is 73.3 cm³/mol. The van der Waals surface area contributed by atoms with Gasteiger partial charge in [-0.1, -0.05) is 38.2 Å². The van der Waals surface area contributed by atoms with Crippen molar-refractivity contribution in [2.75, 3.05) is 6.61 Å². The van der Waals surface area contributed by atoms with E-state index in [0.29, 0.717) is 6.61 Å². The number of pyridine rings is 1. The van der Waals surface area contributed by atoms with Gasteiger partial charge in [0.15, 0.2) is 0 Å². The molecular weight excluding hydrogens is 242 g/mol. The minimum absolute atomic E-state index is 0.347. The van der Waals surface area contributed by atoms with Crippen molar-refractivity contribution in [3.05, 3.63) is 34.7 Å². The van der Waals surface area contributed by atoms with Crippen molar-refractivity contribution in [2.24, 2.45) is 5.92 Å². The molecular formula is C15H21NO3. The lowest BCUT2D eigenvalue weighted by atomic mass is 9.86. The second-order valence-corrected chi connectivity index (χ2v) is 5.17. The molecule has 0 bridgehead atoms. The summed E-state index contributed by atoms with van der Waals surface area (Å²) >= 11 is 0. The van der Waals surface area contributed by atoms with Crippen molar-refractivity contribution >= 4 is 6.09 Å². The van der Waals surface area contributed by atoms with Crippen LogP contribution in [0.3, 0.4) is 0 Å². The standard InChI is InChI=1S/C15H21NO3/c17-14-10-4-5-11-16(14)15(18)19-12-6-9-13-7-2-1-3-8-13/h4-5,10-11,13H,1-3,6-9,12H2. The molecule has 4 heteroatoms. The smallest absolute Gasteiger partial charge is 0.420 e. The number of hydrogen-bond donors (Lipinski definition) is 0. The predicted octanol–water partition coefficient (Wildman–Crippen LogP) is 3.19. The van der Waals surface area contributed by atoms with Crippen molar-refractivity contribution in [1.29, 1.82) is 0 Å². The summed E-state index contributed by atoms with van der Waals surface area (Å²) in [4.78, 5) is 23.1. The number of nitrogens with zero attached hydrogens (tertiary/aromatic N) is 1. The Balaban J connectivity index is 1.69. The first-order chi connectivity index (χ1) is 9.27. The van der Waals surface area contributed by atoms with Gasteiger partial charge in [-0.05, 0) is 24.8 Å². The first-order valence-electron chi connectivity index (χ1n) is 7.12. The largest absolute Gasteiger partial charge is 0.449 e. The molecule has 1 fully saturated rings. The maximum atomic E-state index is 11.7. The van der Waals surface area contributed by atoms with Crippen molar-refractivity contribution in [1.82, 2.24) is 4.57 Å². The summed E-state index contributed by atoms with van der Waals surface area (Å²) in [6.07, 6.45) is 9.53. The highest BCUT2D eigenvalue weighted by Crippen LogP contribution is 2.27. The number of aromatic nitrogens is 1. The van der Waals surface area contributed by atoms with Gasteiger partial charge in [-0.15, -0.1) is 0 Å². The molecule has 1 aliphatic rings. The fraction of sp³-hybridized carbons (Fsp3) is 0.600. The van der Waals surface area contributed by atoms with Crippen LogP contribution in [0.15, 0.2) is 29.2 Å². The quantitative estimate of drug-likeness (QED) is 0.784. The maximum absolute atomic E-state index is 11.7. The molecule has 0 spiro atoms. The lowest BCUT2D eigenvalue weighted by Crippen LogP contribution is -2.26. The SMILES string of the molecule is O=C(OCCCC1CCCCC1)n1ccccc1=O. The molecule has 0 amide bonds. The Bertz CT molecular complexity index is 460. The van der Waals surface area contributed by atoms with Crippen LogP contribution in [0.25, 0.3) is 0 Å². The van der Waals surface area contributed by atoms with Gasteiger partial charge in [0.1, 0.15) is 0 Å². The van der Waals surface area contributed by atoms with E-state index >= 15 is 0 Å². The topological polar surface area (TPSA) is 48.3 Å². The van der Waals surface area contributed by atoms with E-state index in [1.165, 1.54) is 44.4 Å². The molecule has 0 aliphatic heterocycles. The summed E-state index contributed by atoms with van der Waals surface area (Å²) in [5.74, 6) is 0.798. The highest BCUT2D eigenvalue weighted by molar-refractivity contribution is 5.70. The Labute approximate surface area is 113 Å². The second-order valence-electron chi connectivity index (χ2n) is 5.17. The van der Waals surface area contributed by atoms with E-state index < -0.39 is 6.09 Å². The van der Waals surface area contributed by atoms with E-state index in [0.717, 1.165) is 23.3 Å². The third-order valence-electron chi connectivity index (χ3n) is 3.73. The van der Waals surface area contributed by atoms with E-state index in [9.17, 15) is 9.59 Å². The lowest BCUT2D eigenvalue weighted by molar-refractivity contribution is 0.141. The zero-order valence-corrected chi connectivity index (χ0v) is 11.2. The van der Waals surface area contributed by atoms with Crippen LogP contribution in [0, 0.1) is 5.92 Å². The molecule has 1 saturated carbocycles. The number of ether oxygens (including phenoxy) is 1. The molecule has 0 aromatic carbocycles. The molecule has 1 aliphatic carbocycles. The number of carbonyl (C=O) groups excluding carboxylic acids is 1. The van der Waals surface area contributed by atoms with Crippen molar-refractivity contribution in [3.8, 4) is 0 Å². The zero-order chi connectivity index (χ0) is 13.5. The van der Waals surface area contributed by atoms with Gasteiger partial charge in [-0.2, -0.15) is 0 Å². The van der Waals surface area contributed by atoms with Gasteiger partial charge in [0.2, 0.25) is 0 Å². The van der Waals surface area contributed by atoms with E-state index in [1.807, 2.05) is 0 Å². The van der Waals surface area contributed by atoms with Crippen molar-refractivity contribution < 1.29 is 9.53 Å². The molecule has 2 rings (SSSR count). The summed E-state index contributed by atoms with van der Waals surface area (Å²) in [7, 11) is 0. The minimum Gasteiger partial charge on any atom is -0.449 e. The number of rotatable bonds is 4. The molecule has 0 unspecified atom stereocenters. The van der Waals surface area contributed by atoms with Crippen LogP contribution in [0.1, 0.15) is 44.9 Å². The van der Waals surface area contributed by atoms with Gasteiger partial charge >= 0.3 is 6.09 Å². The highest BCUT2D eigenvalue weighted by atomic mass is 16.5. The minimum atomic E-state index is -0.575. The summed E-state index contributed by atoms with van der Waals surface area (Å²) < 4.78 is 6.12. The summed E-state index contributed by atoms with van der Waals surface area (Å²) in [6, 6.07) is 4.60. The summed E-state index contributed by atoms with van der Waals surface area (Å²) in [5.41, 5.74) is -0.347.